The highest BCUT2D eigenvalue weighted by Gasteiger charge is 2.36. The minimum atomic E-state index is -1.09. The van der Waals surface area contributed by atoms with Gasteiger partial charge in [0.15, 0.2) is 0 Å². The number of hydrogen-bond donors (Lipinski definition) is 3. The summed E-state index contributed by atoms with van der Waals surface area (Å²) in [5.41, 5.74) is 0. The van der Waals surface area contributed by atoms with Gasteiger partial charge in [-0.05, 0) is 19.3 Å². The molecule has 0 aromatic carbocycles. The predicted molar refractivity (Wildman–Crippen MR) is 64.4 cm³/mol. The molecule has 3 unspecified atom stereocenters. The summed E-state index contributed by atoms with van der Waals surface area (Å²) in [6.07, 6.45) is -0.127. The summed E-state index contributed by atoms with van der Waals surface area (Å²) in [6.45, 7) is 1.57. The van der Waals surface area contributed by atoms with Gasteiger partial charge in [-0.25, -0.2) is 4.79 Å². The van der Waals surface area contributed by atoms with Crippen molar-refractivity contribution in [3.63, 3.8) is 0 Å². The molecule has 1 saturated heterocycles. The lowest BCUT2D eigenvalue weighted by Gasteiger charge is -2.37. The fourth-order valence-electron chi connectivity index (χ4n) is 2.20. The molecule has 0 bridgehead atoms. The van der Waals surface area contributed by atoms with Crippen LogP contribution in [0.15, 0.2) is 0 Å². The molecule has 0 radical (unpaired) electrons. The van der Waals surface area contributed by atoms with Crippen LogP contribution in [0.2, 0.25) is 0 Å². The zero-order chi connectivity index (χ0) is 14.6. The molecular formula is C12H19NO6. The second-order valence-corrected chi connectivity index (χ2v) is 4.91. The fourth-order valence-corrected chi connectivity index (χ4v) is 2.20. The number of β-amino-alcohol motifs (C(OH)–C–C–N with tert-alkyl or cyclic N) is 1. The number of carboxylic acid groups (broad SMARTS) is 2. The standard InChI is InChI=1S/C12H19NO6/c1-7(2-5-10(15)16)11(17)13-6-8(14)3-4-9(13)12(18)19/h7-9,14H,2-6H2,1H3,(H,15,16)(H,18,19). The smallest absolute Gasteiger partial charge is 0.326 e. The minimum absolute atomic E-state index is 0.00673. The third-order valence-corrected chi connectivity index (χ3v) is 3.34. The molecule has 7 nitrogen and oxygen atoms in total. The maximum atomic E-state index is 12.1. The van der Waals surface area contributed by atoms with E-state index >= 15 is 0 Å². The third-order valence-electron chi connectivity index (χ3n) is 3.34. The molecule has 19 heavy (non-hydrogen) atoms. The second kappa shape index (κ2) is 6.51. The van der Waals surface area contributed by atoms with Gasteiger partial charge in [0, 0.05) is 18.9 Å². The zero-order valence-electron chi connectivity index (χ0n) is 10.8. The van der Waals surface area contributed by atoms with Gasteiger partial charge in [-0.1, -0.05) is 6.92 Å². The Hall–Kier alpha value is -1.63. The first-order valence-electron chi connectivity index (χ1n) is 6.26. The van der Waals surface area contributed by atoms with E-state index in [0.717, 1.165) is 4.90 Å². The molecule has 1 fully saturated rings. The number of aliphatic hydroxyl groups is 1. The van der Waals surface area contributed by atoms with Gasteiger partial charge in [0.2, 0.25) is 5.91 Å². The number of hydrogen-bond acceptors (Lipinski definition) is 4. The van der Waals surface area contributed by atoms with E-state index in [2.05, 4.69) is 0 Å². The Morgan fingerprint density at radius 2 is 1.89 bits per heavy atom. The number of carbonyl (C=O) groups is 3. The predicted octanol–water partition coefficient (Wildman–Crippen LogP) is -0.0762. The van der Waals surface area contributed by atoms with Crippen LogP contribution in [0.1, 0.15) is 32.6 Å². The second-order valence-electron chi connectivity index (χ2n) is 4.91. The molecule has 0 aromatic heterocycles. The number of aliphatic hydroxyl groups excluding tert-OH is 1. The van der Waals surface area contributed by atoms with Crippen LogP contribution in [-0.4, -0.2) is 56.8 Å². The third kappa shape index (κ3) is 4.20. The van der Waals surface area contributed by atoms with E-state index in [1.54, 1.807) is 6.92 Å². The number of rotatable bonds is 5. The lowest BCUT2D eigenvalue weighted by atomic mass is 9.96. The summed E-state index contributed by atoms with van der Waals surface area (Å²) in [7, 11) is 0. The van der Waals surface area contributed by atoms with Crippen molar-refractivity contribution in [1.29, 1.82) is 0 Å². The lowest BCUT2D eigenvalue weighted by Crippen LogP contribution is -2.53. The number of likely N-dealkylation sites (tertiary alicyclic amines) is 1. The van der Waals surface area contributed by atoms with Crippen LogP contribution >= 0.6 is 0 Å². The Bertz CT molecular complexity index is 369. The Morgan fingerprint density at radius 3 is 2.42 bits per heavy atom. The van der Waals surface area contributed by atoms with Gasteiger partial charge in [0.1, 0.15) is 6.04 Å². The van der Waals surface area contributed by atoms with Crippen molar-refractivity contribution in [3.05, 3.63) is 0 Å². The SMILES string of the molecule is CC(CCC(=O)O)C(=O)N1CC(O)CCC1C(=O)O. The minimum Gasteiger partial charge on any atom is -0.481 e. The van der Waals surface area contributed by atoms with Crippen LogP contribution in [0, 0.1) is 5.92 Å². The highest BCUT2D eigenvalue weighted by molar-refractivity contribution is 5.85. The van der Waals surface area contributed by atoms with Crippen LogP contribution < -0.4 is 0 Å². The van der Waals surface area contributed by atoms with Crippen molar-refractivity contribution in [3.8, 4) is 0 Å². The first-order chi connectivity index (χ1) is 8.82. The molecule has 0 aliphatic carbocycles. The highest BCUT2D eigenvalue weighted by Crippen LogP contribution is 2.21. The first kappa shape index (κ1) is 15.4. The molecule has 0 saturated carbocycles. The molecular weight excluding hydrogens is 254 g/mol. The molecule has 1 aliphatic rings. The van der Waals surface area contributed by atoms with Crippen LogP contribution in [0.3, 0.4) is 0 Å². The Morgan fingerprint density at radius 1 is 1.26 bits per heavy atom. The number of amides is 1. The summed E-state index contributed by atoms with van der Waals surface area (Å²) in [5, 5.41) is 27.2. The quantitative estimate of drug-likeness (QED) is 0.645. The first-order valence-corrected chi connectivity index (χ1v) is 6.26. The van der Waals surface area contributed by atoms with E-state index in [-0.39, 0.29) is 25.8 Å². The van der Waals surface area contributed by atoms with E-state index in [1.165, 1.54) is 0 Å². The number of carbonyl (C=O) groups excluding carboxylic acids is 1. The number of piperidine rings is 1. The average Bonchev–Trinajstić information content (AvgIpc) is 2.34. The largest absolute Gasteiger partial charge is 0.481 e. The molecule has 1 amide bonds. The van der Waals surface area contributed by atoms with Crippen molar-refractivity contribution in [2.24, 2.45) is 5.92 Å². The molecule has 7 heteroatoms. The van der Waals surface area contributed by atoms with E-state index < -0.39 is 35.9 Å². The van der Waals surface area contributed by atoms with Crippen LogP contribution in [-0.2, 0) is 14.4 Å². The van der Waals surface area contributed by atoms with Gasteiger partial charge < -0.3 is 20.2 Å². The molecule has 0 aromatic rings. The fraction of sp³-hybridized carbons (Fsp3) is 0.750. The summed E-state index contributed by atoms with van der Waals surface area (Å²) >= 11 is 0. The molecule has 108 valence electrons. The summed E-state index contributed by atoms with van der Waals surface area (Å²) in [5.74, 6) is -3.06. The van der Waals surface area contributed by atoms with Crippen LogP contribution in [0.25, 0.3) is 0 Å². The molecule has 1 heterocycles. The molecule has 3 N–H and O–H groups in total. The lowest BCUT2D eigenvalue weighted by molar-refractivity contribution is -0.156. The van der Waals surface area contributed by atoms with Gasteiger partial charge in [0.25, 0.3) is 0 Å². The van der Waals surface area contributed by atoms with Crippen LogP contribution in [0.5, 0.6) is 0 Å². The maximum Gasteiger partial charge on any atom is 0.326 e. The topological polar surface area (TPSA) is 115 Å². The molecule has 1 aliphatic heterocycles. The Balaban J connectivity index is 2.69. The monoisotopic (exact) mass is 273 g/mol. The average molecular weight is 273 g/mol. The van der Waals surface area contributed by atoms with Gasteiger partial charge in [-0.3, -0.25) is 9.59 Å². The van der Waals surface area contributed by atoms with E-state index in [4.69, 9.17) is 10.2 Å². The van der Waals surface area contributed by atoms with E-state index in [1.807, 2.05) is 0 Å². The normalized spacial score (nSPS) is 24.8. The van der Waals surface area contributed by atoms with Crippen molar-refractivity contribution >= 4 is 17.8 Å². The van der Waals surface area contributed by atoms with E-state index in [0.29, 0.717) is 6.42 Å². The van der Waals surface area contributed by atoms with Crippen LogP contribution in [0.4, 0.5) is 0 Å². The van der Waals surface area contributed by atoms with Crippen molar-refractivity contribution in [2.75, 3.05) is 6.54 Å². The number of carboxylic acids is 2. The number of aliphatic carboxylic acids is 2. The zero-order valence-corrected chi connectivity index (χ0v) is 10.8. The van der Waals surface area contributed by atoms with E-state index in [9.17, 15) is 19.5 Å². The summed E-state index contributed by atoms with van der Waals surface area (Å²) < 4.78 is 0. The molecule has 1 rings (SSSR count). The number of nitrogens with zero attached hydrogens (tertiary/aromatic N) is 1. The van der Waals surface area contributed by atoms with Gasteiger partial charge in [-0.15, -0.1) is 0 Å². The summed E-state index contributed by atoms with van der Waals surface area (Å²) in [4.78, 5) is 34.8. The van der Waals surface area contributed by atoms with Gasteiger partial charge >= 0.3 is 11.9 Å². The highest BCUT2D eigenvalue weighted by atomic mass is 16.4. The van der Waals surface area contributed by atoms with Gasteiger partial charge in [0.05, 0.1) is 6.10 Å². The molecule has 0 spiro atoms. The summed E-state index contributed by atoms with van der Waals surface area (Å²) in [6, 6.07) is -0.928. The molecule has 3 atom stereocenters. The Labute approximate surface area is 110 Å². The Kier molecular flexibility index (Phi) is 5.29. The maximum absolute atomic E-state index is 12.1. The van der Waals surface area contributed by atoms with Gasteiger partial charge in [-0.2, -0.15) is 0 Å². The van der Waals surface area contributed by atoms with Crippen molar-refractivity contribution < 1.29 is 29.7 Å². The van der Waals surface area contributed by atoms with Crippen molar-refractivity contribution in [1.82, 2.24) is 4.90 Å². The van der Waals surface area contributed by atoms with Crippen molar-refractivity contribution in [2.45, 2.75) is 44.8 Å².